The van der Waals surface area contributed by atoms with Gasteiger partial charge in [-0.1, -0.05) is 35.3 Å². The number of benzene rings is 3. The Balaban J connectivity index is 1.17. The number of halogens is 2. The van der Waals surface area contributed by atoms with Gasteiger partial charge in [0.1, 0.15) is 11.5 Å². The van der Waals surface area contributed by atoms with Crippen LogP contribution in [0.15, 0.2) is 48.2 Å². The van der Waals surface area contributed by atoms with Gasteiger partial charge in [-0.15, -0.1) is 0 Å². The minimum absolute atomic E-state index is 0.119. The van der Waals surface area contributed by atoms with Crippen molar-refractivity contribution in [3.05, 3.63) is 86.1 Å². The van der Waals surface area contributed by atoms with Crippen molar-refractivity contribution < 1.29 is 24.1 Å². The molecule has 3 aliphatic heterocycles. The number of hydrogen-bond acceptors (Lipinski definition) is 7. The van der Waals surface area contributed by atoms with Crippen LogP contribution in [0.2, 0.25) is 10.0 Å². The Bertz CT molecular complexity index is 1440. The summed E-state index contributed by atoms with van der Waals surface area (Å²) in [7, 11) is 0. The predicted molar refractivity (Wildman–Crippen MR) is 145 cm³/mol. The summed E-state index contributed by atoms with van der Waals surface area (Å²) in [5.41, 5.74) is 3.44. The van der Waals surface area contributed by atoms with Gasteiger partial charge in [0.05, 0.1) is 11.1 Å². The molecule has 9 heteroatoms. The third-order valence-corrected chi connectivity index (χ3v) is 7.84. The van der Waals surface area contributed by atoms with E-state index in [2.05, 4.69) is 15.9 Å². The largest absolute Gasteiger partial charge is 0.507 e. The number of Topliss-reactive ketones (excluding diaryl/α,β-unsaturated/α-hetero) is 1. The Morgan fingerprint density at radius 1 is 0.947 bits per heavy atom. The summed E-state index contributed by atoms with van der Waals surface area (Å²) in [6, 6.07) is 12.9. The first-order chi connectivity index (χ1) is 18.4. The standard InChI is InChI=1S/C29H26Cl2N2O5/c1-17-11-23(34)20(29-27(17)28(35)26(38-29)13-19-21(30)3-2-4-22(19)31)15-33-9-7-32(8-10-33)14-18-5-6-24-25(12-18)37-16-36-24/h2-6,11-13,34H,7-10,14-16H2,1H3/b26-13-. The normalized spacial score (nSPS) is 18.2. The second kappa shape index (κ2) is 10.2. The monoisotopic (exact) mass is 552 g/mol. The fraction of sp³-hybridized carbons (Fsp3) is 0.276. The highest BCUT2D eigenvalue weighted by Crippen LogP contribution is 2.43. The van der Waals surface area contributed by atoms with E-state index >= 15 is 0 Å². The van der Waals surface area contributed by atoms with Crippen LogP contribution in [0.5, 0.6) is 23.0 Å². The summed E-state index contributed by atoms with van der Waals surface area (Å²) < 4.78 is 17.0. The lowest BCUT2D eigenvalue weighted by molar-refractivity contribution is 0.101. The van der Waals surface area contributed by atoms with E-state index in [-0.39, 0.29) is 24.1 Å². The summed E-state index contributed by atoms with van der Waals surface area (Å²) >= 11 is 12.6. The number of allylic oxidation sites excluding steroid dienone is 1. The topological polar surface area (TPSA) is 71.5 Å². The highest BCUT2D eigenvalue weighted by Gasteiger charge is 2.34. The highest BCUT2D eigenvalue weighted by atomic mass is 35.5. The van der Waals surface area contributed by atoms with Crippen LogP contribution >= 0.6 is 23.2 Å². The number of piperazine rings is 1. The Kier molecular flexibility index (Phi) is 6.70. The van der Waals surface area contributed by atoms with Gasteiger partial charge in [0.15, 0.2) is 17.3 Å². The molecule has 0 radical (unpaired) electrons. The van der Waals surface area contributed by atoms with Crippen LogP contribution in [0.25, 0.3) is 6.08 Å². The van der Waals surface area contributed by atoms with Crippen LogP contribution in [-0.4, -0.2) is 53.7 Å². The average Bonchev–Trinajstić information content (AvgIpc) is 3.49. The molecule has 1 N–H and O–H groups in total. The van der Waals surface area contributed by atoms with Gasteiger partial charge < -0.3 is 19.3 Å². The maximum atomic E-state index is 13.3. The first-order valence-corrected chi connectivity index (χ1v) is 13.2. The zero-order valence-corrected chi connectivity index (χ0v) is 22.3. The van der Waals surface area contributed by atoms with Crippen molar-refractivity contribution in [2.45, 2.75) is 20.0 Å². The number of carbonyl (C=O) groups is 1. The maximum Gasteiger partial charge on any atom is 0.232 e. The van der Waals surface area contributed by atoms with Crippen molar-refractivity contribution in [1.82, 2.24) is 9.80 Å². The Morgan fingerprint density at radius 2 is 1.63 bits per heavy atom. The summed E-state index contributed by atoms with van der Waals surface area (Å²) in [6.07, 6.45) is 1.57. The SMILES string of the molecule is Cc1cc(O)c(CN2CCN(Cc3ccc4c(c3)OCO4)CC2)c2c1C(=O)/C(=C/c1c(Cl)cccc1Cl)O2. The third-order valence-electron chi connectivity index (χ3n) is 7.19. The lowest BCUT2D eigenvalue weighted by Gasteiger charge is -2.35. The molecule has 38 heavy (non-hydrogen) atoms. The zero-order chi connectivity index (χ0) is 26.4. The van der Waals surface area contributed by atoms with Crippen molar-refractivity contribution >= 4 is 35.1 Å². The van der Waals surface area contributed by atoms with Gasteiger partial charge in [0.2, 0.25) is 12.6 Å². The van der Waals surface area contributed by atoms with Gasteiger partial charge in [-0.25, -0.2) is 0 Å². The second-order valence-corrected chi connectivity index (χ2v) is 10.5. The number of aryl methyl sites for hydroxylation is 1. The molecule has 0 aromatic heterocycles. The molecule has 1 fully saturated rings. The minimum Gasteiger partial charge on any atom is -0.507 e. The molecular formula is C29H26Cl2N2O5. The van der Waals surface area contributed by atoms with Crippen LogP contribution in [0.3, 0.4) is 0 Å². The van der Waals surface area contributed by atoms with Gasteiger partial charge in [-0.05, 0) is 54.5 Å². The van der Waals surface area contributed by atoms with E-state index in [9.17, 15) is 9.90 Å². The summed E-state index contributed by atoms with van der Waals surface area (Å²) in [4.78, 5) is 17.9. The van der Waals surface area contributed by atoms with E-state index in [0.29, 0.717) is 44.6 Å². The molecule has 196 valence electrons. The Labute approximate surface area is 230 Å². The fourth-order valence-electron chi connectivity index (χ4n) is 5.14. The van der Waals surface area contributed by atoms with Crippen LogP contribution in [0, 0.1) is 6.92 Å². The molecule has 0 bridgehead atoms. The van der Waals surface area contributed by atoms with Crippen molar-refractivity contribution in [1.29, 1.82) is 0 Å². The molecular weight excluding hydrogens is 527 g/mol. The lowest BCUT2D eigenvalue weighted by atomic mass is 9.99. The smallest absolute Gasteiger partial charge is 0.232 e. The van der Waals surface area contributed by atoms with Crippen molar-refractivity contribution in [2.24, 2.45) is 0 Å². The summed E-state index contributed by atoms with van der Waals surface area (Å²) in [5.74, 6) is 2.00. The van der Waals surface area contributed by atoms with Crippen LogP contribution in [0.4, 0.5) is 0 Å². The van der Waals surface area contributed by atoms with E-state index in [1.807, 2.05) is 12.1 Å². The molecule has 3 aromatic carbocycles. The third kappa shape index (κ3) is 4.71. The number of nitrogens with zero attached hydrogens (tertiary/aromatic N) is 2. The van der Waals surface area contributed by atoms with Crippen molar-refractivity contribution in [3.63, 3.8) is 0 Å². The molecule has 0 saturated carbocycles. The number of rotatable bonds is 5. The highest BCUT2D eigenvalue weighted by molar-refractivity contribution is 6.37. The first kappa shape index (κ1) is 25.1. The zero-order valence-electron chi connectivity index (χ0n) is 20.8. The average molecular weight is 553 g/mol. The van der Waals surface area contributed by atoms with Gasteiger partial charge in [0.25, 0.3) is 0 Å². The molecule has 6 rings (SSSR count). The molecule has 0 aliphatic carbocycles. The molecule has 0 unspecified atom stereocenters. The minimum atomic E-state index is -0.247. The Hall–Kier alpha value is -3.23. The van der Waals surface area contributed by atoms with Crippen molar-refractivity contribution in [3.8, 4) is 23.0 Å². The number of phenols is 1. The van der Waals surface area contributed by atoms with Gasteiger partial charge in [-0.2, -0.15) is 0 Å². The molecule has 0 atom stereocenters. The number of fused-ring (bicyclic) bond motifs is 2. The molecule has 3 aromatic rings. The van der Waals surface area contributed by atoms with E-state index in [0.717, 1.165) is 44.2 Å². The Morgan fingerprint density at radius 3 is 2.37 bits per heavy atom. The lowest BCUT2D eigenvalue weighted by Crippen LogP contribution is -2.45. The maximum absolute atomic E-state index is 13.3. The van der Waals surface area contributed by atoms with Gasteiger partial charge >= 0.3 is 0 Å². The van der Waals surface area contributed by atoms with E-state index < -0.39 is 0 Å². The number of carbonyl (C=O) groups excluding carboxylic acids is 1. The van der Waals surface area contributed by atoms with Crippen LogP contribution < -0.4 is 14.2 Å². The van der Waals surface area contributed by atoms with E-state index in [1.165, 1.54) is 5.56 Å². The number of phenolic OH excluding ortho intramolecular Hbond substituents is 1. The number of ether oxygens (including phenoxy) is 3. The second-order valence-electron chi connectivity index (χ2n) is 9.71. The molecule has 3 heterocycles. The summed E-state index contributed by atoms with van der Waals surface area (Å²) in [6.45, 7) is 6.75. The molecule has 3 aliphatic rings. The molecule has 7 nitrogen and oxygen atoms in total. The number of hydrogen-bond donors (Lipinski definition) is 1. The quantitative estimate of drug-likeness (QED) is 0.409. The van der Waals surface area contributed by atoms with Crippen LogP contribution in [0.1, 0.15) is 32.6 Å². The predicted octanol–water partition coefficient (Wildman–Crippen LogP) is 5.67. The number of aromatic hydroxyl groups is 1. The molecule has 1 saturated heterocycles. The van der Waals surface area contributed by atoms with Crippen LogP contribution in [-0.2, 0) is 13.1 Å². The van der Waals surface area contributed by atoms with E-state index in [4.69, 9.17) is 37.4 Å². The van der Waals surface area contributed by atoms with Gasteiger partial charge in [-0.3, -0.25) is 14.6 Å². The van der Waals surface area contributed by atoms with E-state index in [1.54, 1.807) is 37.3 Å². The molecule has 0 amide bonds. The molecule has 0 spiro atoms. The van der Waals surface area contributed by atoms with Gasteiger partial charge in [0, 0.05) is 54.9 Å². The first-order valence-electron chi connectivity index (χ1n) is 12.4. The van der Waals surface area contributed by atoms with Crippen molar-refractivity contribution in [2.75, 3.05) is 33.0 Å². The fourth-order valence-corrected chi connectivity index (χ4v) is 5.65. The summed E-state index contributed by atoms with van der Waals surface area (Å²) in [5, 5.41) is 11.7. The number of ketones is 1.